The predicted octanol–water partition coefficient (Wildman–Crippen LogP) is 1.98. The first-order valence-corrected chi connectivity index (χ1v) is 2.82. The maximum Gasteiger partial charge on any atom is 0.0404 e. The zero-order valence-corrected chi connectivity index (χ0v) is 4.93. The molecular weight excluding hydrogens is 116 g/mol. The van der Waals surface area contributed by atoms with Gasteiger partial charge in [0.05, 0.1) is 0 Å². The molecule has 0 rings (SSSR count). The molecule has 0 heterocycles. The summed E-state index contributed by atoms with van der Waals surface area (Å²) in [5.74, 6) is 1.25. The smallest absolute Gasteiger partial charge is 0.0404 e. The van der Waals surface area contributed by atoms with Crippen LogP contribution in [0.25, 0.3) is 0 Å². The lowest BCUT2D eigenvalue weighted by molar-refractivity contribution is 1.67. The molecule has 0 aromatic carbocycles. The molecule has 35 valence electrons. The maximum atomic E-state index is 5.25. The fourth-order valence-electron chi connectivity index (χ4n) is 0.131. The fraction of sp³-hybridized carbons (Fsp3) is 0.500. The van der Waals surface area contributed by atoms with Crippen molar-refractivity contribution in [3.8, 4) is 0 Å². The molecule has 0 aromatic heterocycles. The first-order valence-electron chi connectivity index (χ1n) is 1.71. The van der Waals surface area contributed by atoms with Gasteiger partial charge in [-0.3, -0.25) is 0 Å². The van der Waals surface area contributed by atoms with E-state index < -0.39 is 0 Å². The number of alkyl halides is 1. The summed E-state index contributed by atoms with van der Waals surface area (Å²) < 4.78 is 0. The van der Waals surface area contributed by atoms with Crippen LogP contribution in [0.2, 0.25) is 0 Å². The molecule has 0 fully saturated rings. The molecule has 0 aliphatic heterocycles. The highest BCUT2D eigenvalue weighted by Gasteiger charge is 1.62. The maximum absolute atomic E-state index is 5.25. The average Bonchev–Trinajstić information content (AvgIpc) is 1.61. The Morgan fingerprint density at radius 3 is 2.33 bits per heavy atom. The predicted molar refractivity (Wildman–Crippen MR) is 32.3 cm³/mol. The Morgan fingerprint density at radius 2 is 2.17 bits per heavy atom. The van der Waals surface area contributed by atoms with E-state index in [1.807, 2.05) is 12.2 Å². The van der Waals surface area contributed by atoms with Crippen LogP contribution in [-0.4, -0.2) is 11.6 Å². The Kier molecular flexibility index (Phi) is 5.72. The van der Waals surface area contributed by atoms with Crippen molar-refractivity contribution >= 4 is 24.2 Å². The number of allylic oxidation sites excluding steroid dienone is 1. The molecule has 0 aliphatic rings. The highest BCUT2D eigenvalue weighted by atomic mass is 35.5. The normalized spacial score (nSPS) is 10.3. The first kappa shape index (κ1) is 6.38. The lowest BCUT2D eigenvalue weighted by atomic mass is 10.6. The third-order valence-electron chi connectivity index (χ3n) is 0.352. The van der Waals surface area contributed by atoms with Crippen molar-refractivity contribution in [1.82, 2.24) is 0 Å². The van der Waals surface area contributed by atoms with Crippen LogP contribution < -0.4 is 0 Å². The van der Waals surface area contributed by atoms with E-state index in [1.54, 1.807) is 0 Å². The molecule has 0 spiro atoms. The van der Waals surface area contributed by atoms with Crippen LogP contribution in [0, 0.1) is 0 Å². The van der Waals surface area contributed by atoms with E-state index in [1.165, 1.54) is 0 Å². The third-order valence-corrected chi connectivity index (χ3v) is 0.723. The van der Waals surface area contributed by atoms with Crippen molar-refractivity contribution in [2.45, 2.75) is 0 Å². The summed E-state index contributed by atoms with van der Waals surface area (Å²) in [6.45, 7) is 0. The number of hydrogen-bond acceptors (Lipinski definition) is 0. The molecule has 0 saturated heterocycles. The van der Waals surface area contributed by atoms with Gasteiger partial charge in [0.25, 0.3) is 0 Å². The summed E-state index contributed by atoms with van der Waals surface area (Å²) in [5, 5.41) is 0. The zero-order valence-electron chi connectivity index (χ0n) is 3.36. The second-order valence-electron chi connectivity index (χ2n) is 0.792. The van der Waals surface area contributed by atoms with E-state index in [0.29, 0.717) is 11.6 Å². The van der Waals surface area contributed by atoms with Crippen LogP contribution in [0.15, 0.2) is 12.2 Å². The first-order chi connectivity index (χ1) is 2.91. The van der Waals surface area contributed by atoms with Crippen molar-refractivity contribution in [3.63, 3.8) is 0 Å². The highest BCUT2D eigenvalue weighted by molar-refractivity contribution is 7.80. The number of halogens is 1. The summed E-state index contributed by atoms with van der Waals surface area (Å²) >= 11 is 9.82. The molecule has 0 aromatic rings. The lowest BCUT2D eigenvalue weighted by Crippen LogP contribution is -1.60. The molecular formula is C4H6ClS. The van der Waals surface area contributed by atoms with Gasteiger partial charge in [0, 0.05) is 11.6 Å². The third kappa shape index (κ3) is 4.38. The number of rotatable bonds is 2. The average molecular weight is 122 g/mol. The molecule has 0 unspecified atom stereocenters. The van der Waals surface area contributed by atoms with Crippen molar-refractivity contribution in [1.29, 1.82) is 0 Å². The van der Waals surface area contributed by atoms with E-state index in [4.69, 9.17) is 11.6 Å². The van der Waals surface area contributed by atoms with Crippen molar-refractivity contribution in [3.05, 3.63) is 12.2 Å². The van der Waals surface area contributed by atoms with E-state index in [-0.39, 0.29) is 0 Å². The van der Waals surface area contributed by atoms with Crippen molar-refractivity contribution in [2.24, 2.45) is 0 Å². The Labute approximate surface area is 48.6 Å². The largest absolute Gasteiger partial charge is 0.122 e. The van der Waals surface area contributed by atoms with E-state index in [2.05, 4.69) is 12.6 Å². The number of hydrogen-bond donors (Lipinski definition) is 0. The molecule has 6 heavy (non-hydrogen) atoms. The van der Waals surface area contributed by atoms with E-state index in [0.717, 1.165) is 0 Å². The Balaban J connectivity index is 2.73. The topological polar surface area (TPSA) is 0 Å². The van der Waals surface area contributed by atoms with Gasteiger partial charge in [0.1, 0.15) is 0 Å². The van der Waals surface area contributed by atoms with Crippen LogP contribution in [0.4, 0.5) is 0 Å². The van der Waals surface area contributed by atoms with Crippen LogP contribution >= 0.6 is 24.2 Å². The minimum absolute atomic E-state index is 0.580. The summed E-state index contributed by atoms with van der Waals surface area (Å²) in [4.78, 5) is 0. The minimum atomic E-state index is 0.580. The lowest BCUT2D eigenvalue weighted by Gasteiger charge is -1.69. The van der Waals surface area contributed by atoms with Gasteiger partial charge < -0.3 is 0 Å². The molecule has 0 N–H and O–H groups in total. The molecule has 0 amide bonds. The minimum Gasteiger partial charge on any atom is -0.122 e. The molecule has 0 aliphatic carbocycles. The zero-order chi connectivity index (χ0) is 4.83. The molecule has 0 saturated carbocycles. The van der Waals surface area contributed by atoms with Gasteiger partial charge in [0.15, 0.2) is 0 Å². The van der Waals surface area contributed by atoms with Gasteiger partial charge in [-0.15, -0.1) is 11.6 Å². The molecule has 0 atom stereocenters. The van der Waals surface area contributed by atoms with Crippen LogP contribution in [0.1, 0.15) is 0 Å². The van der Waals surface area contributed by atoms with Gasteiger partial charge in [0.2, 0.25) is 0 Å². The van der Waals surface area contributed by atoms with Crippen LogP contribution in [-0.2, 0) is 0 Å². The van der Waals surface area contributed by atoms with Gasteiger partial charge >= 0.3 is 0 Å². The Morgan fingerprint density at radius 1 is 1.50 bits per heavy atom. The summed E-state index contributed by atoms with van der Waals surface area (Å²) in [7, 11) is 0. The summed E-state index contributed by atoms with van der Waals surface area (Å²) in [6, 6.07) is 0. The van der Waals surface area contributed by atoms with Crippen LogP contribution in [0.5, 0.6) is 0 Å². The van der Waals surface area contributed by atoms with Crippen molar-refractivity contribution < 1.29 is 0 Å². The van der Waals surface area contributed by atoms with Gasteiger partial charge in [-0.2, -0.15) is 0 Å². The standard InChI is InChI=1S/C4H6ClS/c5-3-1-2-4-6/h1-2H,3-4H2. The fourth-order valence-corrected chi connectivity index (χ4v) is 0.393. The molecule has 2 heteroatoms. The monoisotopic (exact) mass is 121 g/mol. The SMILES string of the molecule is [S]CC=CCCl. The van der Waals surface area contributed by atoms with Crippen molar-refractivity contribution in [2.75, 3.05) is 11.6 Å². The highest BCUT2D eigenvalue weighted by Crippen LogP contribution is 1.79. The van der Waals surface area contributed by atoms with Crippen LogP contribution in [0.3, 0.4) is 0 Å². The Hall–Kier alpha value is 0.380. The Bertz CT molecular complexity index is 36.8. The van der Waals surface area contributed by atoms with E-state index >= 15 is 0 Å². The molecule has 1 radical (unpaired) electrons. The molecule has 0 nitrogen and oxygen atoms in total. The van der Waals surface area contributed by atoms with Gasteiger partial charge in [-0.25, -0.2) is 0 Å². The summed E-state index contributed by atoms with van der Waals surface area (Å²) in [5.41, 5.74) is 0. The quantitative estimate of drug-likeness (QED) is 0.387. The second-order valence-corrected chi connectivity index (χ2v) is 1.43. The van der Waals surface area contributed by atoms with Gasteiger partial charge in [-0.1, -0.05) is 24.8 Å². The van der Waals surface area contributed by atoms with E-state index in [9.17, 15) is 0 Å². The molecule has 0 bridgehead atoms. The second kappa shape index (κ2) is 5.38. The van der Waals surface area contributed by atoms with Gasteiger partial charge in [-0.05, 0) is 0 Å². The summed E-state index contributed by atoms with van der Waals surface area (Å²) in [6.07, 6.45) is 3.71.